The van der Waals surface area contributed by atoms with E-state index in [1.165, 1.54) is 0 Å². The second-order valence-electron chi connectivity index (χ2n) is 6.69. The molecule has 1 atom stereocenters. The molecule has 1 aliphatic heterocycles. The first kappa shape index (κ1) is 15.0. The second-order valence-corrected chi connectivity index (χ2v) is 6.69. The van der Waals surface area contributed by atoms with Crippen LogP contribution in [0.1, 0.15) is 37.7 Å². The third-order valence-corrected chi connectivity index (χ3v) is 4.84. The smallest absolute Gasteiger partial charge is 0.311 e. The quantitative estimate of drug-likeness (QED) is 0.904. The van der Waals surface area contributed by atoms with Gasteiger partial charge in [-0.05, 0) is 36.8 Å². The predicted octanol–water partition coefficient (Wildman–Crippen LogP) is 2.12. The molecule has 0 unspecified atom stereocenters. The summed E-state index contributed by atoms with van der Waals surface area (Å²) in [5.74, 6) is -0.183. The molecule has 0 radical (unpaired) electrons. The molecule has 5 heteroatoms. The minimum Gasteiger partial charge on any atom is -0.481 e. The summed E-state index contributed by atoms with van der Waals surface area (Å²) in [6.07, 6.45) is 8.13. The van der Waals surface area contributed by atoms with Crippen LogP contribution in [0.25, 0.3) is 0 Å². The molecule has 1 aromatic heterocycles. The molecule has 3 rings (SSSR count). The number of piperidine rings is 1. The largest absolute Gasteiger partial charge is 0.481 e. The first-order valence-electron chi connectivity index (χ1n) is 7.99. The zero-order chi connectivity index (χ0) is 15.6. The average molecular weight is 302 g/mol. The van der Waals surface area contributed by atoms with E-state index in [2.05, 4.69) is 4.98 Å². The Morgan fingerprint density at radius 2 is 2.23 bits per heavy atom. The van der Waals surface area contributed by atoms with Gasteiger partial charge < -0.3 is 10.0 Å². The van der Waals surface area contributed by atoms with Crippen LogP contribution in [0, 0.1) is 11.3 Å². The van der Waals surface area contributed by atoms with E-state index in [1.807, 2.05) is 12.1 Å². The van der Waals surface area contributed by atoms with E-state index >= 15 is 0 Å². The van der Waals surface area contributed by atoms with Gasteiger partial charge in [0.05, 0.1) is 11.8 Å². The van der Waals surface area contributed by atoms with Gasteiger partial charge in [0.25, 0.3) is 0 Å². The fourth-order valence-corrected chi connectivity index (χ4v) is 3.44. The highest BCUT2D eigenvalue weighted by molar-refractivity contribution is 5.81. The Labute approximate surface area is 130 Å². The van der Waals surface area contributed by atoms with E-state index in [9.17, 15) is 14.7 Å². The normalized spacial score (nSPS) is 25.0. The summed E-state index contributed by atoms with van der Waals surface area (Å²) < 4.78 is 0. The van der Waals surface area contributed by atoms with Gasteiger partial charge in [-0.3, -0.25) is 14.6 Å². The van der Waals surface area contributed by atoms with Crippen molar-refractivity contribution in [1.29, 1.82) is 0 Å². The Bertz CT molecular complexity index is 556. The fraction of sp³-hybridized carbons (Fsp3) is 0.588. The summed E-state index contributed by atoms with van der Waals surface area (Å²) in [5, 5.41) is 9.71. The monoisotopic (exact) mass is 302 g/mol. The van der Waals surface area contributed by atoms with Gasteiger partial charge in [-0.25, -0.2) is 0 Å². The van der Waals surface area contributed by atoms with Crippen molar-refractivity contribution < 1.29 is 14.7 Å². The van der Waals surface area contributed by atoms with Crippen LogP contribution in [0.3, 0.4) is 0 Å². The van der Waals surface area contributed by atoms with Crippen molar-refractivity contribution in [2.24, 2.45) is 11.3 Å². The molecule has 118 valence electrons. The van der Waals surface area contributed by atoms with E-state index in [0.717, 1.165) is 31.2 Å². The zero-order valence-electron chi connectivity index (χ0n) is 12.7. The first-order valence-corrected chi connectivity index (χ1v) is 7.99. The van der Waals surface area contributed by atoms with Gasteiger partial charge in [-0.1, -0.05) is 18.9 Å². The number of rotatable bonds is 5. The maximum Gasteiger partial charge on any atom is 0.311 e. The van der Waals surface area contributed by atoms with Gasteiger partial charge >= 0.3 is 5.97 Å². The van der Waals surface area contributed by atoms with Crippen molar-refractivity contribution in [2.75, 3.05) is 13.1 Å². The van der Waals surface area contributed by atoms with Crippen molar-refractivity contribution in [2.45, 2.75) is 38.5 Å². The number of nitrogens with zero attached hydrogens (tertiary/aromatic N) is 2. The summed E-state index contributed by atoms with van der Waals surface area (Å²) >= 11 is 0. The Hall–Kier alpha value is -1.91. The lowest BCUT2D eigenvalue weighted by molar-refractivity contribution is -0.155. The Morgan fingerprint density at radius 1 is 1.41 bits per heavy atom. The molecule has 0 bridgehead atoms. The number of hydrogen-bond donors (Lipinski definition) is 1. The number of pyridine rings is 1. The van der Waals surface area contributed by atoms with Gasteiger partial charge in [0.2, 0.25) is 5.91 Å². The third-order valence-electron chi connectivity index (χ3n) is 4.84. The average Bonchev–Trinajstić information content (AvgIpc) is 3.32. The highest BCUT2D eigenvalue weighted by Gasteiger charge is 2.46. The highest BCUT2D eigenvalue weighted by atomic mass is 16.4. The second kappa shape index (κ2) is 6.07. The van der Waals surface area contributed by atoms with Crippen LogP contribution in [0.15, 0.2) is 24.5 Å². The van der Waals surface area contributed by atoms with Crippen molar-refractivity contribution in [3.63, 3.8) is 0 Å². The van der Waals surface area contributed by atoms with Crippen molar-refractivity contribution in [3.8, 4) is 0 Å². The standard InChI is InChI=1S/C17H22N2O3/c20-15(9-14-3-1-7-18-11-14)19-8-2-6-17(12-19,16(21)22)10-13-4-5-13/h1,3,7,11,13H,2,4-6,8-10,12H2,(H,21,22)/t17-/m1/s1. The van der Waals surface area contributed by atoms with Crippen LogP contribution < -0.4 is 0 Å². The summed E-state index contributed by atoms with van der Waals surface area (Å²) in [5.41, 5.74) is 0.144. The van der Waals surface area contributed by atoms with Crippen molar-refractivity contribution >= 4 is 11.9 Å². The lowest BCUT2D eigenvalue weighted by Crippen LogP contribution is -2.50. The molecule has 1 saturated carbocycles. The van der Waals surface area contributed by atoms with Crippen molar-refractivity contribution in [1.82, 2.24) is 9.88 Å². The van der Waals surface area contributed by atoms with Gasteiger partial charge in [-0.2, -0.15) is 0 Å². The highest BCUT2D eigenvalue weighted by Crippen LogP contribution is 2.44. The third kappa shape index (κ3) is 3.29. The van der Waals surface area contributed by atoms with Crippen LogP contribution in [-0.4, -0.2) is 40.0 Å². The van der Waals surface area contributed by atoms with Gasteiger partial charge in [-0.15, -0.1) is 0 Å². The number of likely N-dealkylation sites (tertiary alicyclic amines) is 1. The molecule has 0 spiro atoms. The maximum atomic E-state index is 12.5. The van der Waals surface area contributed by atoms with Crippen LogP contribution in [0.5, 0.6) is 0 Å². The zero-order valence-corrected chi connectivity index (χ0v) is 12.7. The molecule has 1 N–H and O–H groups in total. The Morgan fingerprint density at radius 3 is 2.86 bits per heavy atom. The molecule has 22 heavy (non-hydrogen) atoms. The summed E-state index contributed by atoms with van der Waals surface area (Å²) in [4.78, 5) is 30.1. The lowest BCUT2D eigenvalue weighted by atomic mass is 9.75. The Balaban J connectivity index is 1.68. The van der Waals surface area contributed by atoms with E-state index in [-0.39, 0.29) is 5.91 Å². The molecular weight excluding hydrogens is 280 g/mol. The summed E-state index contributed by atoms with van der Waals surface area (Å²) in [6, 6.07) is 3.69. The number of aromatic nitrogens is 1. The molecule has 2 aliphatic rings. The Kier molecular flexibility index (Phi) is 4.14. The molecule has 1 aliphatic carbocycles. The number of carboxylic acids is 1. The number of hydrogen-bond acceptors (Lipinski definition) is 3. The molecule has 2 fully saturated rings. The van der Waals surface area contributed by atoms with Gasteiger partial charge in [0.1, 0.15) is 0 Å². The minimum absolute atomic E-state index is 0.00845. The first-order chi connectivity index (χ1) is 10.6. The molecule has 1 amide bonds. The number of amides is 1. The fourth-order valence-electron chi connectivity index (χ4n) is 3.44. The van der Waals surface area contributed by atoms with Crippen LogP contribution in [0.4, 0.5) is 0 Å². The minimum atomic E-state index is -0.738. The summed E-state index contributed by atoms with van der Waals surface area (Å²) in [6.45, 7) is 1.02. The van der Waals surface area contributed by atoms with Crippen LogP contribution >= 0.6 is 0 Å². The molecule has 1 saturated heterocycles. The van der Waals surface area contributed by atoms with E-state index in [1.54, 1.807) is 17.3 Å². The van der Waals surface area contributed by atoms with E-state index in [0.29, 0.717) is 31.8 Å². The van der Waals surface area contributed by atoms with E-state index < -0.39 is 11.4 Å². The molecule has 0 aromatic carbocycles. The topological polar surface area (TPSA) is 70.5 Å². The summed E-state index contributed by atoms with van der Waals surface area (Å²) in [7, 11) is 0. The van der Waals surface area contributed by atoms with Crippen LogP contribution in [-0.2, 0) is 16.0 Å². The maximum absolute atomic E-state index is 12.5. The van der Waals surface area contributed by atoms with Crippen LogP contribution in [0.2, 0.25) is 0 Å². The number of carbonyl (C=O) groups is 2. The lowest BCUT2D eigenvalue weighted by Gasteiger charge is -2.40. The van der Waals surface area contributed by atoms with Gasteiger partial charge in [0.15, 0.2) is 0 Å². The molecule has 1 aromatic rings. The number of carbonyl (C=O) groups excluding carboxylic acids is 1. The SMILES string of the molecule is O=C(Cc1cccnc1)N1CCC[C@](CC2CC2)(C(=O)O)C1. The molecular formula is C17H22N2O3. The number of carboxylic acid groups (broad SMARTS) is 1. The molecule has 2 heterocycles. The molecule has 5 nitrogen and oxygen atoms in total. The predicted molar refractivity (Wildman–Crippen MR) is 81.2 cm³/mol. The number of aliphatic carboxylic acids is 1. The van der Waals surface area contributed by atoms with Crippen molar-refractivity contribution in [3.05, 3.63) is 30.1 Å². The van der Waals surface area contributed by atoms with Gasteiger partial charge in [0, 0.05) is 25.5 Å². The van der Waals surface area contributed by atoms with E-state index in [4.69, 9.17) is 0 Å².